The van der Waals surface area contributed by atoms with Gasteiger partial charge in [0.05, 0.1) is 11.9 Å². The maximum Gasteiger partial charge on any atom is 0.104 e. The zero-order valence-electron chi connectivity index (χ0n) is 10.2. The summed E-state index contributed by atoms with van der Waals surface area (Å²) in [5.74, 6) is 0. The second-order valence-electron chi connectivity index (χ2n) is 4.13. The van der Waals surface area contributed by atoms with E-state index in [9.17, 15) is 0 Å². The maximum absolute atomic E-state index is 5.95. The number of azo groups is 1. The van der Waals surface area contributed by atoms with Crippen molar-refractivity contribution in [1.82, 2.24) is 4.98 Å². The molecule has 0 spiro atoms. The Bertz CT molecular complexity index is 735. The molecule has 1 aromatic heterocycles. The number of nitrogens with zero attached hydrogens (tertiary/aromatic N) is 3. The van der Waals surface area contributed by atoms with Crippen LogP contribution in [0.2, 0.25) is 0 Å². The molecular weight excluding hydrogens is 236 g/mol. The molecule has 3 rings (SSSR count). The fraction of sp³-hybridized carbons (Fsp3) is 0. The Morgan fingerprint density at radius 3 is 2.47 bits per heavy atom. The van der Waals surface area contributed by atoms with Gasteiger partial charge in [0, 0.05) is 22.7 Å². The molecule has 19 heavy (non-hydrogen) atoms. The number of aromatic nitrogens is 1. The lowest BCUT2D eigenvalue weighted by molar-refractivity contribution is 1.20. The summed E-state index contributed by atoms with van der Waals surface area (Å²) >= 11 is 0. The van der Waals surface area contributed by atoms with E-state index in [0.29, 0.717) is 0 Å². The highest BCUT2D eigenvalue weighted by molar-refractivity contribution is 5.99. The van der Waals surface area contributed by atoms with Crippen LogP contribution in [0.1, 0.15) is 0 Å². The van der Waals surface area contributed by atoms with Gasteiger partial charge >= 0.3 is 0 Å². The molecule has 0 atom stereocenters. The highest BCUT2D eigenvalue weighted by Crippen LogP contribution is 2.31. The molecule has 0 fully saturated rings. The molecule has 4 heteroatoms. The number of benzene rings is 2. The van der Waals surface area contributed by atoms with E-state index in [4.69, 9.17) is 5.73 Å². The van der Waals surface area contributed by atoms with Gasteiger partial charge in [0.25, 0.3) is 0 Å². The van der Waals surface area contributed by atoms with Crippen LogP contribution < -0.4 is 5.73 Å². The van der Waals surface area contributed by atoms with Gasteiger partial charge in [0.1, 0.15) is 5.69 Å². The van der Waals surface area contributed by atoms with Crippen molar-refractivity contribution in [3.05, 3.63) is 60.9 Å². The largest absolute Gasteiger partial charge is 0.398 e. The summed E-state index contributed by atoms with van der Waals surface area (Å²) in [7, 11) is 0. The number of fused-ring (bicyclic) bond motifs is 1. The van der Waals surface area contributed by atoms with Crippen LogP contribution in [0.5, 0.6) is 0 Å². The lowest BCUT2D eigenvalue weighted by atomic mass is 10.1. The number of anilines is 1. The van der Waals surface area contributed by atoms with Gasteiger partial charge in [0.15, 0.2) is 0 Å². The van der Waals surface area contributed by atoms with E-state index < -0.39 is 0 Å². The van der Waals surface area contributed by atoms with Crippen molar-refractivity contribution in [3.63, 3.8) is 0 Å². The van der Waals surface area contributed by atoms with E-state index in [2.05, 4.69) is 15.2 Å². The molecule has 0 aliphatic rings. The Hall–Kier alpha value is -2.75. The summed E-state index contributed by atoms with van der Waals surface area (Å²) in [4.78, 5) is 4.00. The number of hydrogen-bond donors (Lipinski definition) is 1. The van der Waals surface area contributed by atoms with E-state index >= 15 is 0 Å². The van der Waals surface area contributed by atoms with Crippen molar-refractivity contribution in [2.24, 2.45) is 10.2 Å². The van der Waals surface area contributed by atoms with E-state index in [0.717, 1.165) is 27.8 Å². The van der Waals surface area contributed by atoms with E-state index in [1.165, 1.54) is 0 Å². The molecule has 3 aromatic rings. The van der Waals surface area contributed by atoms with Gasteiger partial charge in [-0.25, -0.2) is 0 Å². The van der Waals surface area contributed by atoms with E-state index in [1.54, 1.807) is 12.4 Å². The molecule has 0 unspecified atom stereocenters. The van der Waals surface area contributed by atoms with Crippen molar-refractivity contribution in [3.8, 4) is 0 Å². The predicted octanol–water partition coefficient (Wildman–Crippen LogP) is 4.23. The average molecular weight is 248 g/mol. The second kappa shape index (κ2) is 4.86. The van der Waals surface area contributed by atoms with E-state index in [-0.39, 0.29) is 0 Å². The summed E-state index contributed by atoms with van der Waals surface area (Å²) in [5, 5.41) is 10.4. The molecule has 0 aliphatic carbocycles. The van der Waals surface area contributed by atoms with Crippen molar-refractivity contribution in [1.29, 1.82) is 0 Å². The fourth-order valence-corrected chi connectivity index (χ4v) is 1.92. The molecule has 2 N–H and O–H groups in total. The lowest BCUT2D eigenvalue weighted by Gasteiger charge is -2.03. The number of nitrogens with two attached hydrogens (primary N) is 1. The third kappa shape index (κ3) is 2.28. The van der Waals surface area contributed by atoms with Gasteiger partial charge in [-0.05, 0) is 24.3 Å². The summed E-state index contributed by atoms with van der Waals surface area (Å²) in [6.07, 6.45) is 3.38. The molecule has 4 nitrogen and oxygen atoms in total. The van der Waals surface area contributed by atoms with Gasteiger partial charge in [0.2, 0.25) is 0 Å². The summed E-state index contributed by atoms with van der Waals surface area (Å²) in [6.45, 7) is 0. The molecule has 0 bridgehead atoms. The Morgan fingerprint density at radius 1 is 0.842 bits per heavy atom. The van der Waals surface area contributed by atoms with Gasteiger partial charge in [-0.15, -0.1) is 10.2 Å². The minimum absolute atomic E-state index is 0.725. The van der Waals surface area contributed by atoms with Gasteiger partial charge in [-0.3, -0.25) is 4.98 Å². The third-order valence-corrected chi connectivity index (χ3v) is 2.85. The Labute approximate surface area is 110 Å². The zero-order valence-corrected chi connectivity index (χ0v) is 10.2. The first-order chi connectivity index (χ1) is 9.34. The average Bonchev–Trinajstić information content (AvgIpc) is 2.48. The fourth-order valence-electron chi connectivity index (χ4n) is 1.92. The van der Waals surface area contributed by atoms with Crippen LogP contribution in [0.25, 0.3) is 10.8 Å². The molecule has 92 valence electrons. The first-order valence-electron chi connectivity index (χ1n) is 5.93. The van der Waals surface area contributed by atoms with Gasteiger partial charge < -0.3 is 5.73 Å². The monoisotopic (exact) mass is 248 g/mol. The zero-order chi connectivity index (χ0) is 13.1. The molecule has 0 radical (unpaired) electrons. The van der Waals surface area contributed by atoms with Crippen molar-refractivity contribution >= 4 is 27.8 Å². The standard InChI is InChI=1S/C15H12N4/c16-14-7-8-15(13-6-2-1-5-12(13)14)19-18-11-4-3-9-17-10-11/h1-10H,16H2. The Kier molecular flexibility index (Phi) is 2.90. The number of hydrogen-bond acceptors (Lipinski definition) is 4. The quantitative estimate of drug-likeness (QED) is 0.544. The lowest BCUT2D eigenvalue weighted by Crippen LogP contribution is -1.86. The Morgan fingerprint density at radius 2 is 1.68 bits per heavy atom. The van der Waals surface area contributed by atoms with Crippen LogP contribution in [0.4, 0.5) is 17.1 Å². The number of pyridine rings is 1. The summed E-state index contributed by atoms with van der Waals surface area (Å²) < 4.78 is 0. The summed E-state index contributed by atoms with van der Waals surface area (Å²) in [5.41, 5.74) is 8.22. The molecule has 0 saturated heterocycles. The SMILES string of the molecule is Nc1ccc(N=Nc2cccnc2)c2ccccc12. The molecule has 0 aliphatic heterocycles. The van der Waals surface area contributed by atoms with Gasteiger partial charge in [-0.2, -0.15) is 0 Å². The normalized spacial score (nSPS) is 11.2. The van der Waals surface area contributed by atoms with Crippen LogP contribution in [0.3, 0.4) is 0 Å². The first kappa shape index (κ1) is 11.3. The van der Waals surface area contributed by atoms with Crippen LogP contribution >= 0.6 is 0 Å². The van der Waals surface area contributed by atoms with Crippen LogP contribution in [-0.4, -0.2) is 4.98 Å². The second-order valence-corrected chi connectivity index (χ2v) is 4.13. The third-order valence-electron chi connectivity index (χ3n) is 2.85. The predicted molar refractivity (Wildman–Crippen MR) is 76.8 cm³/mol. The van der Waals surface area contributed by atoms with Crippen molar-refractivity contribution in [2.45, 2.75) is 0 Å². The summed E-state index contributed by atoms with van der Waals surface area (Å²) in [6, 6.07) is 15.3. The smallest absolute Gasteiger partial charge is 0.104 e. The molecule has 1 heterocycles. The van der Waals surface area contributed by atoms with Crippen molar-refractivity contribution < 1.29 is 0 Å². The minimum Gasteiger partial charge on any atom is -0.398 e. The van der Waals surface area contributed by atoms with Crippen LogP contribution in [0, 0.1) is 0 Å². The van der Waals surface area contributed by atoms with E-state index in [1.807, 2.05) is 48.5 Å². The number of nitrogen functional groups attached to an aromatic ring is 1. The molecule has 0 saturated carbocycles. The topological polar surface area (TPSA) is 63.6 Å². The highest BCUT2D eigenvalue weighted by atomic mass is 15.1. The minimum atomic E-state index is 0.725. The van der Waals surface area contributed by atoms with Gasteiger partial charge in [-0.1, -0.05) is 24.3 Å². The maximum atomic E-state index is 5.95. The van der Waals surface area contributed by atoms with Crippen LogP contribution in [-0.2, 0) is 0 Å². The Balaban J connectivity index is 2.07. The highest BCUT2D eigenvalue weighted by Gasteiger charge is 2.02. The molecule has 2 aromatic carbocycles. The molecule has 0 amide bonds. The first-order valence-corrected chi connectivity index (χ1v) is 5.93. The van der Waals surface area contributed by atoms with Crippen molar-refractivity contribution in [2.75, 3.05) is 5.73 Å². The molecular formula is C15H12N4. The van der Waals surface area contributed by atoms with Crippen LogP contribution in [0.15, 0.2) is 71.2 Å². The number of rotatable bonds is 2.